The van der Waals surface area contributed by atoms with Crippen LogP contribution >= 0.6 is 0 Å². The topological polar surface area (TPSA) is 36.9 Å². The first-order valence-corrected chi connectivity index (χ1v) is 8.65. The summed E-state index contributed by atoms with van der Waals surface area (Å²) in [6, 6.07) is 6.79. The maximum atomic E-state index is 12.3. The second-order valence-electron chi connectivity index (χ2n) is 6.64. The molecule has 1 aliphatic heterocycles. The van der Waals surface area contributed by atoms with Crippen LogP contribution in [0.4, 0.5) is 8.78 Å². The predicted octanol–water partition coefficient (Wildman–Crippen LogP) is 3.49. The average Bonchev–Trinajstić information content (AvgIpc) is 2.99. The van der Waals surface area contributed by atoms with E-state index in [-0.39, 0.29) is 5.75 Å². The Morgan fingerprint density at radius 3 is 2.62 bits per heavy atom. The van der Waals surface area contributed by atoms with E-state index >= 15 is 0 Å². The molecule has 3 rings (SSSR count). The van der Waals surface area contributed by atoms with E-state index in [1.165, 1.54) is 31.7 Å². The van der Waals surface area contributed by atoms with Crippen molar-refractivity contribution in [3.05, 3.63) is 29.8 Å². The normalized spacial score (nSPS) is 24.2. The van der Waals surface area contributed by atoms with Crippen LogP contribution in [0, 0.1) is 11.8 Å². The number of likely N-dealkylation sites (tertiary alicyclic amines) is 1. The highest BCUT2D eigenvalue weighted by Gasteiger charge is 2.35. The maximum absolute atomic E-state index is 12.3. The molecular weight excluding hydrogens is 312 g/mol. The summed E-state index contributed by atoms with van der Waals surface area (Å²) in [4.78, 5) is 6.73. The van der Waals surface area contributed by atoms with Gasteiger partial charge >= 0.3 is 6.61 Å². The van der Waals surface area contributed by atoms with Gasteiger partial charge in [-0.2, -0.15) is 8.78 Å². The van der Waals surface area contributed by atoms with Crippen LogP contribution in [0.3, 0.4) is 0 Å². The summed E-state index contributed by atoms with van der Waals surface area (Å²) in [7, 11) is 1.79. The summed E-state index contributed by atoms with van der Waals surface area (Å²) in [5, 5.41) is 3.35. The summed E-state index contributed by atoms with van der Waals surface area (Å²) in [5.41, 5.74) is 0.894. The molecule has 132 valence electrons. The number of halogens is 2. The third-order valence-corrected chi connectivity index (χ3v) is 5.06. The van der Waals surface area contributed by atoms with Gasteiger partial charge in [0.1, 0.15) is 5.75 Å². The number of ether oxygens (including phenoxy) is 1. The predicted molar refractivity (Wildman–Crippen MR) is 90.3 cm³/mol. The molecule has 0 amide bonds. The minimum Gasteiger partial charge on any atom is -0.435 e. The van der Waals surface area contributed by atoms with Crippen molar-refractivity contribution in [3.63, 3.8) is 0 Å². The van der Waals surface area contributed by atoms with Gasteiger partial charge in [-0.05, 0) is 42.4 Å². The zero-order chi connectivity index (χ0) is 16.9. The van der Waals surface area contributed by atoms with E-state index in [0.717, 1.165) is 36.4 Å². The monoisotopic (exact) mass is 337 g/mol. The third kappa shape index (κ3) is 4.16. The lowest BCUT2D eigenvalue weighted by Crippen LogP contribution is -2.39. The first-order chi connectivity index (χ1) is 11.7. The Bertz CT molecular complexity index is 565. The van der Waals surface area contributed by atoms with Crippen LogP contribution in [0.2, 0.25) is 0 Å². The van der Waals surface area contributed by atoms with Crippen molar-refractivity contribution in [2.75, 3.05) is 20.1 Å². The van der Waals surface area contributed by atoms with Crippen LogP contribution in [-0.4, -0.2) is 37.6 Å². The average molecular weight is 337 g/mol. The quantitative estimate of drug-likeness (QED) is 0.675. The molecule has 2 atom stereocenters. The molecule has 1 N–H and O–H groups in total. The van der Waals surface area contributed by atoms with Crippen LogP contribution < -0.4 is 10.1 Å². The molecule has 0 radical (unpaired) electrons. The number of hydrogen-bond acceptors (Lipinski definition) is 2. The van der Waals surface area contributed by atoms with Crippen molar-refractivity contribution >= 4 is 5.96 Å². The first kappa shape index (κ1) is 17.0. The fourth-order valence-corrected chi connectivity index (χ4v) is 3.92. The van der Waals surface area contributed by atoms with E-state index in [4.69, 9.17) is 0 Å². The lowest BCUT2D eigenvalue weighted by Gasteiger charge is -2.22. The number of benzene rings is 1. The van der Waals surface area contributed by atoms with Gasteiger partial charge in [0.25, 0.3) is 0 Å². The van der Waals surface area contributed by atoms with Crippen molar-refractivity contribution in [2.45, 2.75) is 38.8 Å². The Hall–Kier alpha value is -1.85. The van der Waals surface area contributed by atoms with E-state index < -0.39 is 6.61 Å². The molecule has 2 fully saturated rings. The molecule has 0 aromatic heterocycles. The van der Waals surface area contributed by atoms with E-state index in [2.05, 4.69) is 19.9 Å². The molecule has 0 bridgehead atoms. The summed E-state index contributed by atoms with van der Waals surface area (Å²) < 4.78 is 29.1. The SMILES string of the molecule is CN=C(NCc1cccc(OC(F)F)c1)N1CC2CCCCC2C1. The summed E-state index contributed by atoms with van der Waals surface area (Å²) in [6.45, 7) is -0.120. The number of guanidine groups is 1. The molecule has 4 nitrogen and oxygen atoms in total. The summed E-state index contributed by atoms with van der Waals surface area (Å²) in [5.74, 6) is 2.66. The fourth-order valence-electron chi connectivity index (χ4n) is 3.92. The van der Waals surface area contributed by atoms with Crippen LogP contribution in [0.5, 0.6) is 5.75 Å². The summed E-state index contributed by atoms with van der Waals surface area (Å²) in [6.07, 6.45) is 5.34. The Kier molecular flexibility index (Phi) is 5.53. The Morgan fingerprint density at radius 2 is 2.00 bits per heavy atom. The molecule has 1 aromatic carbocycles. The van der Waals surface area contributed by atoms with E-state index in [1.807, 2.05) is 6.07 Å². The zero-order valence-corrected chi connectivity index (χ0v) is 14.0. The zero-order valence-electron chi connectivity index (χ0n) is 14.0. The number of alkyl halides is 2. The van der Waals surface area contributed by atoms with Crippen molar-refractivity contribution < 1.29 is 13.5 Å². The lowest BCUT2D eigenvalue weighted by atomic mass is 9.82. The van der Waals surface area contributed by atoms with Crippen LogP contribution in [0.15, 0.2) is 29.3 Å². The van der Waals surface area contributed by atoms with E-state index in [0.29, 0.717) is 6.54 Å². The Balaban J connectivity index is 1.57. The molecule has 1 aromatic rings. The van der Waals surface area contributed by atoms with Gasteiger partial charge in [-0.25, -0.2) is 0 Å². The molecule has 1 aliphatic carbocycles. The van der Waals surface area contributed by atoms with Gasteiger partial charge in [0, 0.05) is 26.7 Å². The molecule has 1 saturated carbocycles. The second-order valence-corrected chi connectivity index (χ2v) is 6.64. The molecule has 1 heterocycles. The van der Waals surface area contributed by atoms with Gasteiger partial charge in [0.05, 0.1) is 0 Å². The molecule has 2 aliphatic rings. The van der Waals surface area contributed by atoms with Crippen molar-refractivity contribution in [2.24, 2.45) is 16.8 Å². The Labute approximate surface area is 141 Å². The van der Waals surface area contributed by atoms with Crippen LogP contribution in [0.25, 0.3) is 0 Å². The van der Waals surface area contributed by atoms with Gasteiger partial charge < -0.3 is 15.0 Å². The fraction of sp³-hybridized carbons (Fsp3) is 0.611. The first-order valence-electron chi connectivity index (χ1n) is 8.65. The molecule has 6 heteroatoms. The smallest absolute Gasteiger partial charge is 0.387 e. The van der Waals surface area contributed by atoms with E-state index in [9.17, 15) is 8.78 Å². The minimum absolute atomic E-state index is 0.187. The standard InChI is InChI=1S/C18H25F2N3O/c1-21-18(23-11-14-6-2-3-7-15(14)12-23)22-10-13-5-4-8-16(9-13)24-17(19)20/h4-5,8-9,14-15,17H,2-3,6-7,10-12H2,1H3,(H,21,22). The molecule has 0 spiro atoms. The highest BCUT2D eigenvalue weighted by molar-refractivity contribution is 5.80. The van der Waals surface area contributed by atoms with Gasteiger partial charge in [-0.3, -0.25) is 4.99 Å². The number of hydrogen-bond donors (Lipinski definition) is 1. The van der Waals surface area contributed by atoms with Gasteiger partial charge in [-0.15, -0.1) is 0 Å². The number of nitrogens with one attached hydrogen (secondary N) is 1. The minimum atomic E-state index is -2.80. The Morgan fingerprint density at radius 1 is 1.29 bits per heavy atom. The number of rotatable bonds is 4. The maximum Gasteiger partial charge on any atom is 0.387 e. The van der Waals surface area contributed by atoms with Crippen LogP contribution in [0.1, 0.15) is 31.2 Å². The molecule has 2 unspecified atom stereocenters. The van der Waals surface area contributed by atoms with Crippen molar-refractivity contribution in [3.8, 4) is 5.75 Å². The second kappa shape index (κ2) is 7.81. The van der Waals surface area contributed by atoms with E-state index in [1.54, 1.807) is 19.2 Å². The lowest BCUT2D eigenvalue weighted by molar-refractivity contribution is -0.0498. The van der Waals surface area contributed by atoms with Crippen molar-refractivity contribution in [1.82, 2.24) is 10.2 Å². The molecule has 1 saturated heterocycles. The van der Waals surface area contributed by atoms with Gasteiger partial charge in [0.2, 0.25) is 0 Å². The largest absolute Gasteiger partial charge is 0.435 e. The van der Waals surface area contributed by atoms with Gasteiger partial charge in [-0.1, -0.05) is 25.0 Å². The van der Waals surface area contributed by atoms with Crippen LogP contribution in [-0.2, 0) is 6.54 Å². The number of fused-ring (bicyclic) bond motifs is 1. The van der Waals surface area contributed by atoms with Crippen molar-refractivity contribution in [1.29, 1.82) is 0 Å². The third-order valence-electron chi connectivity index (χ3n) is 5.06. The highest BCUT2D eigenvalue weighted by Crippen LogP contribution is 2.35. The molecular formula is C18H25F2N3O. The number of aliphatic imine (C=N–C) groups is 1. The number of nitrogens with zero attached hydrogens (tertiary/aromatic N) is 2. The summed E-state index contributed by atoms with van der Waals surface area (Å²) >= 11 is 0. The van der Waals surface area contributed by atoms with Gasteiger partial charge in [0.15, 0.2) is 5.96 Å². The highest BCUT2D eigenvalue weighted by atomic mass is 19.3. The molecule has 24 heavy (non-hydrogen) atoms.